The lowest BCUT2D eigenvalue weighted by Gasteiger charge is -2.37. The second-order valence-corrected chi connectivity index (χ2v) is 7.84. The highest BCUT2D eigenvalue weighted by atomic mass is 32.2. The highest BCUT2D eigenvalue weighted by Crippen LogP contribution is 2.32. The zero-order chi connectivity index (χ0) is 13.1. The molecule has 1 N–H and O–H groups in total. The van der Waals surface area contributed by atoms with E-state index in [1.807, 2.05) is 0 Å². The number of sulfonamides is 1. The van der Waals surface area contributed by atoms with Gasteiger partial charge in [-0.05, 0) is 45.7 Å². The third kappa shape index (κ3) is 3.68. The van der Waals surface area contributed by atoms with E-state index in [1.165, 1.54) is 19.3 Å². The minimum Gasteiger partial charge on any atom is -0.301 e. The van der Waals surface area contributed by atoms with Gasteiger partial charge in [-0.2, -0.15) is 0 Å². The largest absolute Gasteiger partial charge is 0.301 e. The Morgan fingerprint density at radius 2 is 1.67 bits per heavy atom. The normalized spacial score (nSPS) is 25.4. The van der Waals surface area contributed by atoms with Crippen LogP contribution in [0.2, 0.25) is 0 Å². The van der Waals surface area contributed by atoms with Crippen molar-refractivity contribution in [3.63, 3.8) is 0 Å². The maximum Gasteiger partial charge on any atom is 0.211 e. The third-order valence-corrected chi connectivity index (χ3v) is 5.79. The molecule has 0 aromatic rings. The van der Waals surface area contributed by atoms with Crippen molar-refractivity contribution in [2.24, 2.45) is 0 Å². The van der Waals surface area contributed by atoms with Crippen LogP contribution in [0.25, 0.3) is 0 Å². The van der Waals surface area contributed by atoms with Crippen LogP contribution >= 0.6 is 0 Å². The number of piperidine rings is 1. The van der Waals surface area contributed by atoms with Gasteiger partial charge in [-0.1, -0.05) is 19.3 Å². The van der Waals surface area contributed by atoms with E-state index in [-0.39, 0.29) is 11.3 Å². The SMILES string of the molecule is CCS(=O)(=O)NC1(CN2CCCCC2)CCCC1. The Hall–Kier alpha value is -0.130. The van der Waals surface area contributed by atoms with Gasteiger partial charge in [0.05, 0.1) is 5.75 Å². The summed E-state index contributed by atoms with van der Waals surface area (Å²) in [5.74, 6) is 0.189. The van der Waals surface area contributed by atoms with Crippen LogP contribution in [0.5, 0.6) is 0 Å². The van der Waals surface area contributed by atoms with Crippen LogP contribution in [0.4, 0.5) is 0 Å². The Morgan fingerprint density at radius 1 is 1.06 bits per heavy atom. The van der Waals surface area contributed by atoms with Crippen LogP contribution in [-0.4, -0.2) is 44.2 Å². The summed E-state index contributed by atoms with van der Waals surface area (Å²) in [4.78, 5) is 2.45. The Morgan fingerprint density at radius 3 is 2.22 bits per heavy atom. The van der Waals surface area contributed by atoms with Crippen LogP contribution in [0, 0.1) is 0 Å². The molecule has 0 atom stereocenters. The third-order valence-electron chi connectivity index (χ3n) is 4.29. The van der Waals surface area contributed by atoms with Crippen molar-refractivity contribution in [3.05, 3.63) is 0 Å². The van der Waals surface area contributed by atoms with Crippen molar-refractivity contribution < 1.29 is 8.42 Å². The molecule has 4 nitrogen and oxygen atoms in total. The monoisotopic (exact) mass is 274 g/mol. The van der Waals surface area contributed by atoms with Crippen LogP contribution < -0.4 is 4.72 Å². The second kappa shape index (κ2) is 5.88. The molecule has 5 heteroatoms. The lowest BCUT2D eigenvalue weighted by atomic mass is 9.97. The maximum absolute atomic E-state index is 11.9. The summed E-state index contributed by atoms with van der Waals surface area (Å²) in [6, 6.07) is 0. The van der Waals surface area contributed by atoms with Gasteiger partial charge in [-0.15, -0.1) is 0 Å². The molecule has 2 rings (SSSR count). The molecule has 2 fully saturated rings. The van der Waals surface area contributed by atoms with E-state index in [0.717, 1.165) is 45.3 Å². The fourth-order valence-corrected chi connectivity index (χ4v) is 4.36. The minimum atomic E-state index is -3.09. The number of hydrogen-bond acceptors (Lipinski definition) is 3. The van der Waals surface area contributed by atoms with Crippen molar-refractivity contribution >= 4 is 10.0 Å². The van der Waals surface area contributed by atoms with Crippen molar-refractivity contribution in [2.75, 3.05) is 25.4 Å². The van der Waals surface area contributed by atoms with Crippen molar-refractivity contribution in [1.82, 2.24) is 9.62 Å². The molecule has 1 saturated heterocycles. The summed E-state index contributed by atoms with van der Waals surface area (Å²) < 4.78 is 26.7. The van der Waals surface area contributed by atoms with Gasteiger partial charge in [-0.3, -0.25) is 0 Å². The van der Waals surface area contributed by atoms with E-state index < -0.39 is 10.0 Å². The van der Waals surface area contributed by atoms with Gasteiger partial charge in [-0.25, -0.2) is 13.1 Å². The first-order valence-electron chi connectivity index (χ1n) is 7.29. The molecule has 0 aromatic heterocycles. The molecular formula is C13H26N2O2S. The lowest BCUT2D eigenvalue weighted by molar-refractivity contribution is 0.170. The predicted molar refractivity (Wildman–Crippen MR) is 74.1 cm³/mol. The zero-order valence-corrected chi connectivity index (χ0v) is 12.3. The van der Waals surface area contributed by atoms with Gasteiger partial charge in [0.2, 0.25) is 10.0 Å². The summed E-state index contributed by atoms with van der Waals surface area (Å²) >= 11 is 0. The quantitative estimate of drug-likeness (QED) is 0.830. The highest BCUT2D eigenvalue weighted by Gasteiger charge is 2.38. The number of hydrogen-bond donors (Lipinski definition) is 1. The van der Waals surface area contributed by atoms with E-state index in [0.29, 0.717) is 0 Å². The van der Waals surface area contributed by atoms with E-state index in [9.17, 15) is 8.42 Å². The average Bonchev–Trinajstić information content (AvgIpc) is 2.78. The van der Waals surface area contributed by atoms with Gasteiger partial charge in [0.1, 0.15) is 0 Å². The first kappa shape index (κ1) is 14.3. The molecule has 1 aliphatic heterocycles. The number of likely N-dealkylation sites (tertiary alicyclic amines) is 1. The highest BCUT2D eigenvalue weighted by molar-refractivity contribution is 7.89. The molecule has 18 heavy (non-hydrogen) atoms. The fourth-order valence-electron chi connectivity index (χ4n) is 3.29. The van der Waals surface area contributed by atoms with Crippen LogP contribution in [0.1, 0.15) is 51.9 Å². The Labute approximate surface area is 111 Å². The van der Waals surface area contributed by atoms with Gasteiger partial charge in [0, 0.05) is 12.1 Å². The summed E-state index contributed by atoms with van der Waals surface area (Å²) in [5, 5.41) is 0. The van der Waals surface area contributed by atoms with Gasteiger partial charge in [0.25, 0.3) is 0 Å². The van der Waals surface area contributed by atoms with Crippen molar-refractivity contribution in [1.29, 1.82) is 0 Å². The number of rotatable bonds is 5. The first-order chi connectivity index (χ1) is 8.55. The summed E-state index contributed by atoms with van der Waals surface area (Å²) in [7, 11) is -3.09. The Balaban J connectivity index is 2.02. The van der Waals surface area contributed by atoms with Crippen molar-refractivity contribution in [2.45, 2.75) is 57.4 Å². The van der Waals surface area contributed by atoms with Crippen molar-refractivity contribution in [3.8, 4) is 0 Å². The molecule has 0 amide bonds. The first-order valence-corrected chi connectivity index (χ1v) is 8.94. The van der Waals surface area contributed by atoms with E-state index in [4.69, 9.17) is 0 Å². The molecule has 2 aliphatic rings. The molecule has 0 spiro atoms. The molecule has 0 bridgehead atoms. The summed E-state index contributed by atoms with van der Waals surface area (Å²) in [6.07, 6.45) is 8.16. The van der Waals surface area contributed by atoms with E-state index in [1.54, 1.807) is 6.92 Å². The second-order valence-electron chi connectivity index (χ2n) is 5.83. The van der Waals surface area contributed by atoms with Gasteiger partial charge < -0.3 is 4.90 Å². The van der Waals surface area contributed by atoms with Crippen LogP contribution in [0.15, 0.2) is 0 Å². The maximum atomic E-state index is 11.9. The molecule has 1 saturated carbocycles. The number of nitrogens with zero attached hydrogens (tertiary/aromatic N) is 1. The average molecular weight is 274 g/mol. The Kier molecular flexibility index (Phi) is 4.67. The zero-order valence-electron chi connectivity index (χ0n) is 11.5. The van der Waals surface area contributed by atoms with Crippen LogP contribution in [-0.2, 0) is 10.0 Å². The summed E-state index contributed by atoms with van der Waals surface area (Å²) in [5.41, 5.74) is -0.174. The predicted octanol–water partition coefficient (Wildman–Crippen LogP) is 1.72. The molecule has 0 aromatic carbocycles. The topological polar surface area (TPSA) is 49.4 Å². The molecule has 106 valence electrons. The Bertz CT molecular complexity index is 355. The summed E-state index contributed by atoms with van der Waals surface area (Å²) in [6.45, 7) is 4.89. The molecule has 1 heterocycles. The van der Waals surface area contributed by atoms with Gasteiger partial charge in [0.15, 0.2) is 0 Å². The van der Waals surface area contributed by atoms with Crippen LogP contribution in [0.3, 0.4) is 0 Å². The fraction of sp³-hybridized carbons (Fsp3) is 1.00. The molecule has 0 unspecified atom stereocenters. The molecule has 0 radical (unpaired) electrons. The molecular weight excluding hydrogens is 248 g/mol. The van der Waals surface area contributed by atoms with E-state index in [2.05, 4.69) is 9.62 Å². The number of nitrogens with one attached hydrogen (secondary N) is 1. The molecule has 1 aliphatic carbocycles. The standard InChI is InChI=1S/C13H26N2O2S/c1-2-18(16,17)14-13(8-4-5-9-13)12-15-10-6-3-7-11-15/h14H,2-12H2,1H3. The van der Waals surface area contributed by atoms with E-state index >= 15 is 0 Å². The lowest BCUT2D eigenvalue weighted by Crippen LogP contribution is -2.54. The van der Waals surface area contributed by atoms with Gasteiger partial charge >= 0.3 is 0 Å². The minimum absolute atomic E-state index is 0.174. The smallest absolute Gasteiger partial charge is 0.211 e.